The second kappa shape index (κ2) is 7.26. The number of benzene rings is 1. The molecule has 0 aliphatic heterocycles. The average molecular weight is 322 g/mol. The molecule has 1 N–H and O–H groups in total. The Kier molecular flexibility index (Phi) is 6.26. The van der Waals surface area contributed by atoms with Crippen LogP contribution in [-0.4, -0.2) is 44.1 Å². The van der Waals surface area contributed by atoms with Gasteiger partial charge in [-0.25, -0.2) is 8.42 Å². The Hall–Kier alpha value is -0.820. The molecule has 0 atom stereocenters. The first kappa shape index (κ1) is 17.2. The number of aliphatic hydroxyl groups excluding tert-OH is 1. The third-order valence-electron chi connectivity index (χ3n) is 2.82. The van der Waals surface area contributed by atoms with Crippen LogP contribution < -0.4 is 4.74 Å². The summed E-state index contributed by atoms with van der Waals surface area (Å²) in [5.41, 5.74) is 0. The van der Waals surface area contributed by atoms with Gasteiger partial charge in [-0.3, -0.25) is 0 Å². The van der Waals surface area contributed by atoms with Crippen molar-refractivity contribution in [3.63, 3.8) is 0 Å². The highest BCUT2D eigenvalue weighted by Crippen LogP contribution is 2.30. The van der Waals surface area contributed by atoms with Gasteiger partial charge >= 0.3 is 0 Å². The van der Waals surface area contributed by atoms with Crippen molar-refractivity contribution in [3.05, 3.63) is 23.2 Å². The lowest BCUT2D eigenvalue weighted by atomic mass is 10.3. The fraction of sp³-hybridized carbons (Fsp3) is 0.538. The van der Waals surface area contributed by atoms with Gasteiger partial charge in [0, 0.05) is 30.3 Å². The minimum Gasteiger partial charge on any atom is -0.495 e. The zero-order valence-corrected chi connectivity index (χ0v) is 13.4. The van der Waals surface area contributed by atoms with Gasteiger partial charge in [-0.05, 0) is 32.4 Å². The van der Waals surface area contributed by atoms with Crippen LogP contribution >= 0.6 is 11.6 Å². The van der Waals surface area contributed by atoms with Crippen molar-refractivity contribution in [2.45, 2.75) is 31.2 Å². The molecule has 1 aromatic carbocycles. The second-order valence-corrected chi connectivity index (χ2v) is 6.88. The highest BCUT2D eigenvalue weighted by Gasteiger charge is 2.29. The van der Waals surface area contributed by atoms with Gasteiger partial charge < -0.3 is 9.84 Å². The number of methoxy groups -OCH3 is 1. The normalized spacial score (nSPS) is 12.2. The molecule has 114 valence electrons. The van der Waals surface area contributed by atoms with Crippen molar-refractivity contribution >= 4 is 21.6 Å². The first-order chi connectivity index (χ1) is 9.34. The summed E-state index contributed by atoms with van der Waals surface area (Å²) in [7, 11) is -2.29. The van der Waals surface area contributed by atoms with Crippen LogP contribution in [0.1, 0.15) is 20.3 Å². The zero-order chi connectivity index (χ0) is 15.3. The highest BCUT2D eigenvalue weighted by molar-refractivity contribution is 7.89. The number of rotatable bonds is 7. The molecule has 0 aliphatic rings. The largest absolute Gasteiger partial charge is 0.495 e. The summed E-state index contributed by atoms with van der Waals surface area (Å²) in [6.45, 7) is 3.77. The van der Waals surface area contributed by atoms with Gasteiger partial charge in [0.2, 0.25) is 10.0 Å². The quantitative estimate of drug-likeness (QED) is 0.835. The second-order valence-electron chi connectivity index (χ2n) is 4.58. The highest BCUT2D eigenvalue weighted by atomic mass is 35.5. The molecule has 0 aromatic heterocycles. The topological polar surface area (TPSA) is 66.8 Å². The predicted molar refractivity (Wildman–Crippen MR) is 78.7 cm³/mol. The SMILES string of the molecule is COc1cc(Cl)ccc1S(=O)(=O)N(CCCO)C(C)C. The molecule has 5 nitrogen and oxygen atoms in total. The molecule has 0 fully saturated rings. The maximum absolute atomic E-state index is 12.7. The summed E-state index contributed by atoms with van der Waals surface area (Å²) < 4.78 is 31.8. The third-order valence-corrected chi connectivity index (χ3v) is 5.17. The van der Waals surface area contributed by atoms with Gasteiger partial charge in [0.1, 0.15) is 10.6 Å². The van der Waals surface area contributed by atoms with Gasteiger partial charge in [-0.2, -0.15) is 4.31 Å². The Labute approximate surface area is 125 Å². The predicted octanol–water partition coefficient (Wildman–Crippen LogP) is 2.13. The Bertz CT molecular complexity index is 545. The Morgan fingerprint density at radius 2 is 2.05 bits per heavy atom. The van der Waals surface area contributed by atoms with E-state index >= 15 is 0 Å². The van der Waals surface area contributed by atoms with Crippen molar-refractivity contribution in [1.29, 1.82) is 0 Å². The number of sulfonamides is 1. The van der Waals surface area contributed by atoms with Crippen molar-refractivity contribution in [3.8, 4) is 5.75 Å². The zero-order valence-electron chi connectivity index (χ0n) is 11.8. The summed E-state index contributed by atoms with van der Waals surface area (Å²) in [4.78, 5) is 0.0797. The molecule has 0 bridgehead atoms. The van der Waals surface area contributed by atoms with E-state index in [0.717, 1.165) is 0 Å². The molecule has 0 heterocycles. The minimum atomic E-state index is -3.69. The number of halogens is 1. The summed E-state index contributed by atoms with van der Waals surface area (Å²) in [5, 5.41) is 9.32. The van der Waals surface area contributed by atoms with Crippen LogP contribution in [0.4, 0.5) is 0 Å². The number of ether oxygens (including phenoxy) is 1. The molecule has 0 saturated heterocycles. The Morgan fingerprint density at radius 1 is 1.40 bits per heavy atom. The molecule has 0 radical (unpaired) electrons. The van der Waals surface area contributed by atoms with Gasteiger partial charge in [-0.15, -0.1) is 0 Å². The number of hydrogen-bond acceptors (Lipinski definition) is 4. The van der Waals surface area contributed by atoms with E-state index in [0.29, 0.717) is 11.4 Å². The van der Waals surface area contributed by atoms with Crippen LogP contribution in [0.25, 0.3) is 0 Å². The molecule has 0 spiro atoms. The van der Waals surface area contributed by atoms with E-state index in [4.69, 9.17) is 21.4 Å². The Morgan fingerprint density at radius 3 is 2.55 bits per heavy atom. The average Bonchev–Trinajstić information content (AvgIpc) is 2.37. The first-order valence-electron chi connectivity index (χ1n) is 6.30. The molecular formula is C13H20ClNO4S. The number of nitrogens with zero attached hydrogens (tertiary/aromatic N) is 1. The molecule has 7 heteroatoms. The lowest BCUT2D eigenvalue weighted by Crippen LogP contribution is -2.38. The standard InChI is InChI=1S/C13H20ClNO4S/c1-10(2)15(7-4-8-16)20(17,18)13-6-5-11(14)9-12(13)19-3/h5-6,9-10,16H,4,7-8H2,1-3H3. The molecular weight excluding hydrogens is 302 g/mol. The summed E-state index contributed by atoms with van der Waals surface area (Å²) >= 11 is 5.85. The van der Waals surface area contributed by atoms with Gasteiger partial charge in [-0.1, -0.05) is 11.6 Å². The van der Waals surface area contributed by atoms with Crippen LogP contribution in [0.5, 0.6) is 5.75 Å². The van der Waals surface area contributed by atoms with E-state index in [2.05, 4.69) is 0 Å². The summed E-state index contributed by atoms with van der Waals surface area (Å²) in [6, 6.07) is 4.21. The van der Waals surface area contributed by atoms with E-state index in [9.17, 15) is 8.42 Å². The molecule has 0 unspecified atom stereocenters. The van der Waals surface area contributed by atoms with E-state index in [1.165, 1.54) is 29.6 Å². The number of hydrogen-bond donors (Lipinski definition) is 1. The molecule has 0 amide bonds. The van der Waals surface area contributed by atoms with Crippen molar-refractivity contribution in [2.75, 3.05) is 20.3 Å². The maximum Gasteiger partial charge on any atom is 0.246 e. The third kappa shape index (κ3) is 3.85. The lowest BCUT2D eigenvalue weighted by molar-refractivity contribution is 0.258. The van der Waals surface area contributed by atoms with E-state index < -0.39 is 10.0 Å². The molecule has 1 rings (SSSR count). The molecule has 1 aromatic rings. The van der Waals surface area contributed by atoms with Crippen LogP contribution in [0.15, 0.2) is 23.1 Å². The van der Waals surface area contributed by atoms with Crippen LogP contribution in [0.2, 0.25) is 5.02 Å². The summed E-state index contributed by atoms with van der Waals surface area (Å²) in [6.07, 6.45) is 0.382. The van der Waals surface area contributed by atoms with Gasteiger partial charge in [0.05, 0.1) is 7.11 Å². The smallest absolute Gasteiger partial charge is 0.246 e. The van der Waals surface area contributed by atoms with Crippen LogP contribution in [0.3, 0.4) is 0 Å². The van der Waals surface area contributed by atoms with E-state index in [-0.39, 0.29) is 29.8 Å². The fourth-order valence-corrected chi connectivity index (χ4v) is 3.84. The van der Waals surface area contributed by atoms with Crippen LogP contribution in [0, 0.1) is 0 Å². The van der Waals surface area contributed by atoms with E-state index in [1.54, 1.807) is 13.8 Å². The van der Waals surface area contributed by atoms with Crippen molar-refractivity contribution in [1.82, 2.24) is 4.31 Å². The fourth-order valence-electron chi connectivity index (χ4n) is 1.86. The minimum absolute atomic E-state index is 0.0590. The number of aliphatic hydroxyl groups is 1. The maximum atomic E-state index is 12.7. The van der Waals surface area contributed by atoms with Gasteiger partial charge in [0.15, 0.2) is 0 Å². The Balaban J connectivity index is 3.25. The van der Waals surface area contributed by atoms with Crippen molar-refractivity contribution in [2.24, 2.45) is 0 Å². The molecule has 20 heavy (non-hydrogen) atoms. The molecule has 0 saturated carbocycles. The van der Waals surface area contributed by atoms with Gasteiger partial charge in [0.25, 0.3) is 0 Å². The van der Waals surface area contributed by atoms with Crippen LogP contribution in [-0.2, 0) is 10.0 Å². The first-order valence-corrected chi connectivity index (χ1v) is 8.12. The molecule has 0 aliphatic carbocycles. The summed E-state index contributed by atoms with van der Waals surface area (Å²) in [5.74, 6) is 0.215. The monoisotopic (exact) mass is 321 g/mol. The van der Waals surface area contributed by atoms with Crippen molar-refractivity contribution < 1.29 is 18.3 Å². The lowest BCUT2D eigenvalue weighted by Gasteiger charge is -2.26. The van der Waals surface area contributed by atoms with E-state index in [1.807, 2.05) is 0 Å².